The number of hydrogen-bond donors (Lipinski definition) is 1. The number of nitrogens with two attached hydrogens (primary N) is 1. The average molecular weight is 331 g/mol. The lowest BCUT2D eigenvalue weighted by molar-refractivity contribution is 0.0548. The van der Waals surface area contributed by atoms with Crippen LogP contribution in [-0.2, 0) is 6.54 Å². The van der Waals surface area contributed by atoms with Crippen LogP contribution < -0.4 is 5.73 Å². The number of halogens is 4. The normalized spacial score (nSPS) is 23.2. The van der Waals surface area contributed by atoms with Crippen molar-refractivity contribution in [1.29, 1.82) is 0 Å². The monoisotopic (exact) mass is 330 g/mol. The summed E-state index contributed by atoms with van der Waals surface area (Å²) in [4.78, 5) is 6.20. The summed E-state index contributed by atoms with van der Waals surface area (Å²) in [6, 6.07) is 0.265. The van der Waals surface area contributed by atoms with Crippen molar-refractivity contribution >= 4 is 24.8 Å². The van der Waals surface area contributed by atoms with E-state index >= 15 is 0 Å². The van der Waals surface area contributed by atoms with Crippen LogP contribution in [0.25, 0.3) is 0 Å². The first kappa shape index (κ1) is 19.6. The number of likely N-dealkylation sites (tertiary alicyclic amines) is 1. The summed E-state index contributed by atoms with van der Waals surface area (Å²) in [5.74, 6) is 0.927. The second-order valence-electron chi connectivity index (χ2n) is 4.92. The van der Waals surface area contributed by atoms with Gasteiger partial charge in [-0.1, -0.05) is 6.92 Å². The molecule has 0 amide bonds. The topological polar surface area (TPSA) is 47.1 Å². The molecule has 0 saturated carbocycles. The second-order valence-corrected chi connectivity index (χ2v) is 4.92. The third kappa shape index (κ3) is 4.28. The minimum Gasteiger partial charge on any atom is -0.329 e. The molecule has 0 spiro atoms. The van der Waals surface area contributed by atoms with Crippen molar-refractivity contribution < 1.29 is 8.78 Å². The zero-order valence-corrected chi connectivity index (χ0v) is 13.0. The van der Waals surface area contributed by atoms with Crippen LogP contribution in [0.4, 0.5) is 8.78 Å². The van der Waals surface area contributed by atoms with Gasteiger partial charge in [0.15, 0.2) is 0 Å². The van der Waals surface area contributed by atoms with E-state index in [1.807, 2.05) is 0 Å². The molecule has 1 aromatic heterocycles. The molecule has 2 N–H and O–H groups in total. The maximum absolute atomic E-state index is 12.8. The highest BCUT2D eigenvalue weighted by Gasteiger charge is 2.28. The first-order valence-corrected chi connectivity index (χ1v) is 6.37. The molecule has 0 radical (unpaired) electrons. The molecule has 1 aliphatic rings. The number of imidazole rings is 1. The number of aromatic nitrogens is 2. The molecule has 2 atom stereocenters. The van der Waals surface area contributed by atoms with Gasteiger partial charge in [-0.25, -0.2) is 4.98 Å². The molecule has 2 rings (SSSR count). The van der Waals surface area contributed by atoms with Gasteiger partial charge in [-0.15, -0.1) is 24.8 Å². The number of rotatable bonds is 4. The van der Waals surface area contributed by atoms with Gasteiger partial charge < -0.3 is 5.73 Å². The molecule has 1 aliphatic heterocycles. The van der Waals surface area contributed by atoms with Crippen LogP contribution in [0.3, 0.4) is 0 Å². The van der Waals surface area contributed by atoms with E-state index in [4.69, 9.17) is 5.73 Å². The fourth-order valence-corrected chi connectivity index (χ4v) is 2.74. The Morgan fingerprint density at radius 1 is 1.45 bits per heavy atom. The first-order valence-electron chi connectivity index (χ1n) is 6.37. The Morgan fingerprint density at radius 3 is 2.75 bits per heavy atom. The van der Waals surface area contributed by atoms with Gasteiger partial charge in [0.25, 0.3) is 0 Å². The van der Waals surface area contributed by atoms with E-state index in [1.54, 1.807) is 0 Å². The molecule has 0 bridgehead atoms. The van der Waals surface area contributed by atoms with Crippen LogP contribution >= 0.6 is 24.8 Å². The van der Waals surface area contributed by atoms with Crippen LogP contribution in [0.2, 0.25) is 0 Å². The SMILES string of the molecule is CC1CCCN(Cc2nccn2C(F)F)C1CN.Cl.Cl. The van der Waals surface area contributed by atoms with Gasteiger partial charge in [-0.3, -0.25) is 9.47 Å². The number of alkyl halides is 2. The Kier molecular flexibility index (Phi) is 8.58. The number of nitrogens with zero attached hydrogens (tertiary/aromatic N) is 3. The average Bonchev–Trinajstić information content (AvgIpc) is 2.77. The van der Waals surface area contributed by atoms with Gasteiger partial charge in [0, 0.05) is 25.0 Å². The van der Waals surface area contributed by atoms with Gasteiger partial charge in [-0.05, 0) is 25.3 Å². The van der Waals surface area contributed by atoms with Gasteiger partial charge in [-0.2, -0.15) is 8.78 Å². The van der Waals surface area contributed by atoms with Crippen molar-refractivity contribution in [3.8, 4) is 0 Å². The van der Waals surface area contributed by atoms with Crippen molar-refractivity contribution in [2.24, 2.45) is 11.7 Å². The van der Waals surface area contributed by atoms with Crippen molar-refractivity contribution in [2.45, 2.75) is 38.9 Å². The standard InChI is InChI=1S/C12H20F2N4.2ClH/c1-9-3-2-5-17(10(9)7-15)8-11-16-4-6-18(11)12(13)14;;/h4,6,9-10,12H,2-3,5,7-8,15H2,1H3;2*1H. The lowest BCUT2D eigenvalue weighted by Gasteiger charge is -2.39. The predicted molar refractivity (Wildman–Crippen MR) is 79.6 cm³/mol. The number of hydrogen-bond acceptors (Lipinski definition) is 3. The molecular weight excluding hydrogens is 309 g/mol. The van der Waals surface area contributed by atoms with E-state index in [0.717, 1.165) is 24.0 Å². The van der Waals surface area contributed by atoms with Crippen molar-refractivity contribution in [3.05, 3.63) is 18.2 Å². The minimum absolute atomic E-state index is 0. The zero-order valence-electron chi connectivity index (χ0n) is 11.4. The molecule has 8 heteroatoms. The molecule has 2 unspecified atom stereocenters. The van der Waals surface area contributed by atoms with Crippen LogP contribution in [0.15, 0.2) is 12.4 Å². The summed E-state index contributed by atoms with van der Waals surface area (Å²) in [5.41, 5.74) is 5.79. The van der Waals surface area contributed by atoms with Gasteiger partial charge in [0.2, 0.25) is 0 Å². The molecule has 1 saturated heterocycles. The van der Waals surface area contributed by atoms with E-state index in [0.29, 0.717) is 24.8 Å². The van der Waals surface area contributed by atoms with Crippen LogP contribution in [0.5, 0.6) is 0 Å². The largest absolute Gasteiger partial charge is 0.329 e. The molecule has 118 valence electrons. The fraction of sp³-hybridized carbons (Fsp3) is 0.750. The molecular formula is C12H22Cl2F2N4. The first-order chi connectivity index (χ1) is 8.63. The molecule has 20 heavy (non-hydrogen) atoms. The third-order valence-electron chi connectivity index (χ3n) is 3.78. The molecule has 0 aliphatic carbocycles. The highest BCUT2D eigenvalue weighted by atomic mass is 35.5. The molecule has 2 heterocycles. The summed E-state index contributed by atoms with van der Waals surface area (Å²) < 4.78 is 26.4. The molecule has 4 nitrogen and oxygen atoms in total. The summed E-state index contributed by atoms with van der Waals surface area (Å²) in [7, 11) is 0. The van der Waals surface area contributed by atoms with Crippen molar-refractivity contribution in [2.75, 3.05) is 13.1 Å². The van der Waals surface area contributed by atoms with Gasteiger partial charge >= 0.3 is 6.55 Å². The van der Waals surface area contributed by atoms with E-state index in [-0.39, 0.29) is 30.9 Å². The highest BCUT2D eigenvalue weighted by Crippen LogP contribution is 2.24. The predicted octanol–water partition coefficient (Wildman–Crippen LogP) is 2.68. The van der Waals surface area contributed by atoms with Gasteiger partial charge in [0.1, 0.15) is 5.82 Å². The second kappa shape index (κ2) is 8.77. The fourth-order valence-electron chi connectivity index (χ4n) is 2.74. The maximum atomic E-state index is 12.8. The summed E-state index contributed by atoms with van der Waals surface area (Å²) in [6.45, 7) is 1.56. The lowest BCUT2D eigenvalue weighted by Crippen LogP contribution is -2.48. The summed E-state index contributed by atoms with van der Waals surface area (Å²) in [5, 5.41) is 0. The van der Waals surface area contributed by atoms with Crippen LogP contribution in [0, 0.1) is 5.92 Å². The van der Waals surface area contributed by atoms with E-state index in [1.165, 1.54) is 12.4 Å². The summed E-state index contributed by atoms with van der Waals surface area (Å²) >= 11 is 0. The van der Waals surface area contributed by atoms with Crippen LogP contribution in [-0.4, -0.2) is 33.6 Å². The summed E-state index contributed by atoms with van der Waals surface area (Å²) in [6.07, 6.45) is 4.99. The Labute approximate surface area is 130 Å². The Balaban J connectivity index is 0.00000180. The van der Waals surface area contributed by atoms with Crippen molar-refractivity contribution in [1.82, 2.24) is 14.5 Å². The molecule has 1 fully saturated rings. The van der Waals surface area contributed by atoms with Crippen LogP contribution in [0.1, 0.15) is 32.1 Å². The zero-order chi connectivity index (χ0) is 13.1. The third-order valence-corrected chi connectivity index (χ3v) is 3.78. The lowest BCUT2D eigenvalue weighted by atomic mass is 9.91. The smallest absolute Gasteiger partial charge is 0.319 e. The van der Waals surface area contributed by atoms with Gasteiger partial charge in [0.05, 0.1) is 6.54 Å². The van der Waals surface area contributed by atoms with E-state index < -0.39 is 6.55 Å². The van der Waals surface area contributed by atoms with Crippen molar-refractivity contribution in [3.63, 3.8) is 0 Å². The number of piperidine rings is 1. The maximum Gasteiger partial charge on any atom is 0.319 e. The Morgan fingerprint density at radius 2 is 2.15 bits per heavy atom. The van der Waals surface area contributed by atoms with E-state index in [2.05, 4.69) is 16.8 Å². The Bertz CT molecular complexity index is 389. The Hall–Kier alpha value is -0.430. The molecule has 1 aromatic rings. The quantitative estimate of drug-likeness (QED) is 0.923. The minimum atomic E-state index is -2.53. The molecule has 0 aromatic carbocycles. The van der Waals surface area contributed by atoms with E-state index in [9.17, 15) is 8.78 Å². The highest BCUT2D eigenvalue weighted by molar-refractivity contribution is 5.85.